The SMILES string of the molecule is COC(=O)c1ccc(-c2cc(-c3ccccc3)nc3c2CCC3=Cc2ccc(N3N=C(c4ccccc4)CC3c3ccccc3)cc2)cc1. The third-order valence-corrected chi connectivity index (χ3v) is 9.46. The van der Waals surface area contributed by atoms with Gasteiger partial charge in [-0.2, -0.15) is 5.10 Å². The molecule has 2 aliphatic rings. The van der Waals surface area contributed by atoms with Gasteiger partial charge in [0.05, 0.1) is 41.5 Å². The van der Waals surface area contributed by atoms with Crippen LogP contribution in [0.15, 0.2) is 151 Å². The van der Waals surface area contributed by atoms with Crippen molar-refractivity contribution in [3.05, 3.63) is 179 Å². The Labute approximate surface area is 286 Å². The minimum atomic E-state index is -0.337. The second-order valence-electron chi connectivity index (χ2n) is 12.5. The Kier molecular flexibility index (Phi) is 8.16. The number of anilines is 1. The molecule has 8 rings (SSSR count). The number of rotatable bonds is 7. The topological polar surface area (TPSA) is 54.8 Å². The number of methoxy groups -OCH3 is 1. The molecule has 1 unspecified atom stereocenters. The van der Waals surface area contributed by atoms with Crippen LogP contribution in [0.4, 0.5) is 5.69 Å². The van der Waals surface area contributed by atoms with E-state index in [2.05, 4.69) is 108 Å². The summed E-state index contributed by atoms with van der Waals surface area (Å²) in [5, 5.41) is 7.32. The van der Waals surface area contributed by atoms with E-state index in [1.807, 2.05) is 48.5 Å². The molecule has 5 aromatic carbocycles. The van der Waals surface area contributed by atoms with Crippen molar-refractivity contribution in [3.8, 4) is 22.4 Å². The summed E-state index contributed by atoms with van der Waals surface area (Å²) in [5.41, 5.74) is 13.9. The van der Waals surface area contributed by atoms with E-state index in [0.29, 0.717) is 5.56 Å². The van der Waals surface area contributed by atoms with Crippen LogP contribution in [0.3, 0.4) is 0 Å². The van der Waals surface area contributed by atoms with E-state index in [0.717, 1.165) is 69.9 Å². The first kappa shape index (κ1) is 30.3. The highest BCUT2D eigenvalue weighted by molar-refractivity contribution is 6.03. The van der Waals surface area contributed by atoms with Crippen molar-refractivity contribution in [1.82, 2.24) is 4.98 Å². The molecule has 0 N–H and O–H groups in total. The van der Waals surface area contributed by atoms with Crippen LogP contribution in [0.5, 0.6) is 0 Å². The second kappa shape index (κ2) is 13.2. The van der Waals surface area contributed by atoms with Crippen LogP contribution >= 0.6 is 0 Å². The van der Waals surface area contributed by atoms with E-state index < -0.39 is 0 Å². The number of ether oxygens (including phenoxy) is 1. The third kappa shape index (κ3) is 6.07. The Balaban J connectivity index is 1.14. The molecule has 0 saturated carbocycles. The normalized spacial score (nSPS) is 16.0. The number of carbonyl (C=O) groups excluding carboxylic acids is 1. The van der Waals surface area contributed by atoms with Crippen molar-refractivity contribution in [3.63, 3.8) is 0 Å². The zero-order chi connectivity index (χ0) is 33.2. The molecule has 238 valence electrons. The maximum atomic E-state index is 12.1. The minimum absolute atomic E-state index is 0.128. The fourth-order valence-corrected chi connectivity index (χ4v) is 6.94. The predicted octanol–water partition coefficient (Wildman–Crippen LogP) is 10.0. The van der Waals surface area contributed by atoms with Gasteiger partial charge >= 0.3 is 5.97 Å². The molecule has 0 bridgehead atoms. The number of carbonyl (C=O) groups is 1. The van der Waals surface area contributed by atoms with E-state index in [1.54, 1.807) is 0 Å². The maximum Gasteiger partial charge on any atom is 0.337 e. The van der Waals surface area contributed by atoms with E-state index >= 15 is 0 Å². The standard InChI is InChI=1S/C44H35N3O2/c1-49-44(48)35-21-19-31(20-22-35)39-28-40(32-11-5-2-6-12-32)45-43-36(23-26-38(39)43)27-30-17-24-37(25-18-30)47-42(34-15-9-4-10-16-34)29-41(46-47)33-13-7-3-8-14-33/h2-22,24-25,27-28,42H,23,26,29H2,1H3. The summed E-state index contributed by atoms with van der Waals surface area (Å²) in [7, 11) is 1.41. The monoisotopic (exact) mass is 637 g/mol. The number of aromatic nitrogens is 1. The number of hydrogen-bond donors (Lipinski definition) is 0. The predicted molar refractivity (Wildman–Crippen MR) is 198 cm³/mol. The number of esters is 1. The third-order valence-electron chi connectivity index (χ3n) is 9.46. The number of hydrazone groups is 1. The Morgan fingerprint density at radius 3 is 2.06 bits per heavy atom. The zero-order valence-corrected chi connectivity index (χ0v) is 27.3. The Hall–Kier alpha value is -6.07. The summed E-state index contributed by atoms with van der Waals surface area (Å²) < 4.78 is 4.92. The van der Waals surface area contributed by atoms with E-state index in [1.165, 1.54) is 23.8 Å². The smallest absolute Gasteiger partial charge is 0.337 e. The highest BCUT2D eigenvalue weighted by atomic mass is 16.5. The van der Waals surface area contributed by atoms with Gasteiger partial charge < -0.3 is 4.74 Å². The first-order chi connectivity index (χ1) is 24.1. The summed E-state index contributed by atoms with van der Waals surface area (Å²) in [6.45, 7) is 0. The van der Waals surface area contributed by atoms with Crippen molar-refractivity contribution >= 4 is 29.0 Å². The lowest BCUT2D eigenvalue weighted by atomic mass is 9.96. The maximum absolute atomic E-state index is 12.1. The van der Waals surface area contributed by atoms with E-state index in [-0.39, 0.29) is 12.0 Å². The van der Waals surface area contributed by atoms with Gasteiger partial charge in [-0.1, -0.05) is 115 Å². The number of pyridine rings is 1. The van der Waals surface area contributed by atoms with E-state index in [9.17, 15) is 4.79 Å². The molecule has 5 heteroatoms. The van der Waals surface area contributed by atoms with Gasteiger partial charge in [0.15, 0.2) is 0 Å². The first-order valence-electron chi connectivity index (χ1n) is 16.7. The molecule has 0 amide bonds. The van der Waals surface area contributed by atoms with Crippen LogP contribution in [0.2, 0.25) is 0 Å². The van der Waals surface area contributed by atoms with Crippen molar-refractivity contribution < 1.29 is 9.53 Å². The second-order valence-corrected chi connectivity index (χ2v) is 12.5. The van der Waals surface area contributed by atoms with Crippen molar-refractivity contribution in [2.45, 2.75) is 25.3 Å². The minimum Gasteiger partial charge on any atom is -0.465 e. The summed E-state index contributed by atoms with van der Waals surface area (Å²) in [5.74, 6) is -0.337. The van der Waals surface area contributed by atoms with Crippen molar-refractivity contribution in [2.24, 2.45) is 5.10 Å². The van der Waals surface area contributed by atoms with Crippen LogP contribution < -0.4 is 5.01 Å². The molecule has 1 aromatic heterocycles. The van der Waals surface area contributed by atoms with Gasteiger partial charge in [0.25, 0.3) is 0 Å². The number of fused-ring (bicyclic) bond motifs is 1. The number of allylic oxidation sites excluding steroid dienone is 1. The molecule has 5 nitrogen and oxygen atoms in total. The summed E-state index contributed by atoms with van der Waals surface area (Å²) in [4.78, 5) is 17.3. The molecule has 0 spiro atoms. The van der Waals surface area contributed by atoms with Gasteiger partial charge in [-0.25, -0.2) is 9.78 Å². The lowest BCUT2D eigenvalue weighted by Gasteiger charge is -2.24. The lowest BCUT2D eigenvalue weighted by Crippen LogP contribution is -2.18. The highest BCUT2D eigenvalue weighted by Crippen LogP contribution is 2.41. The number of hydrogen-bond acceptors (Lipinski definition) is 5. The quantitative estimate of drug-likeness (QED) is 0.164. The van der Waals surface area contributed by atoms with Gasteiger partial charge in [-0.15, -0.1) is 0 Å². The largest absolute Gasteiger partial charge is 0.465 e. The van der Waals surface area contributed by atoms with Crippen LogP contribution in [-0.4, -0.2) is 23.8 Å². The molecule has 1 aliphatic heterocycles. The van der Waals surface area contributed by atoms with Crippen molar-refractivity contribution in [2.75, 3.05) is 12.1 Å². The van der Waals surface area contributed by atoms with Gasteiger partial charge in [0.2, 0.25) is 0 Å². The molecule has 49 heavy (non-hydrogen) atoms. The van der Waals surface area contributed by atoms with Gasteiger partial charge in [-0.05, 0) is 88.2 Å². The fraction of sp³-hybridized carbons (Fsp3) is 0.114. The van der Waals surface area contributed by atoms with Gasteiger partial charge in [0.1, 0.15) is 0 Å². The Morgan fingerprint density at radius 2 is 1.39 bits per heavy atom. The average Bonchev–Trinajstić information content (AvgIpc) is 3.81. The van der Waals surface area contributed by atoms with Crippen molar-refractivity contribution in [1.29, 1.82) is 0 Å². The van der Waals surface area contributed by atoms with Gasteiger partial charge in [0, 0.05) is 12.0 Å². The average molecular weight is 638 g/mol. The zero-order valence-electron chi connectivity index (χ0n) is 27.3. The summed E-state index contributed by atoms with van der Waals surface area (Å²) in [6, 6.07) is 50.1. The summed E-state index contributed by atoms with van der Waals surface area (Å²) in [6.07, 6.45) is 4.93. The molecule has 0 saturated heterocycles. The molecule has 6 aromatic rings. The Bertz CT molecular complexity index is 2170. The molecule has 0 radical (unpaired) electrons. The summed E-state index contributed by atoms with van der Waals surface area (Å²) >= 11 is 0. The highest BCUT2D eigenvalue weighted by Gasteiger charge is 2.30. The molecular formula is C44H35N3O2. The molecular weight excluding hydrogens is 603 g/mol. The van der Waals surface area contributed by atoms with Gasteiger partial charge in [-0.3, -0.25) is 5.01 Å². The molecule has 2 heterocycles. The van der Waals surface area contributed by atoms with Crippen LogP contribution in [-0.2, 0) is 11.2 Å². The number of benzene rings is 5. The van der Waals surface area contributed by atoms with Crippen LogP contribution in [0, 0.1) is 0 Å². The van der Waals surface area contributed by atoms with Crippen LogP contribution in [0.25, 0.3) is 34.0 Å². The molecule has 0 fully saturated rings. The molecule has 1 atom stereocenters. The van der Waals surface area contributed by atoms with Crippen LogP contribution in [0.1, 0.15) is 57.2 Å². The molecule has 1 aliphatic carbocycles. The number of nitrogens with zero attached hydrogens (tertiary/aromatic N) is 3. The van der Waals surface area contributed by atoms with E-state index in [4.69, 9.17) is 14.8 Å². The lowest BCUT2D eigenvalue weighted by molar-refractivity contribution is 0.0600. The first-order valence-corrected chi connectivity index (χ1v) is 16.7. The Morgan fingerprint density at radius 1 is 0.735 bits per heavy atom. The fourth-order valence-electron chi connectivity index (χ4n) is 6.94.